The van der Waals surface area contributed by atoms with Gasteiger partial charge < -0.3 is 13.9 Å². The van der Waals surface area contributed by atoms with Crippen molar-refractivity contribution in [1.29, 1.82) is 0 Å². The van der Waals surface area contributed by atoms with Crippen molar-refractivity contribution in [2.45, 2.75) is 19.8 Å². The minimum Gasteiger partial charge on any atom is -0.444 e. The van der Waals surface area contributed by atoms with Gasteiger partial charge in [0.25, 0.3) is 0 Å². The van der Waals surface area contributed by atoms with E-state index in [2.05, 4.69) is 22.9 Å². The molecule has 1 fully saturated rings. The van der Waals surface area contributed by atoms with Crippen LogP contribution in [-0.2, 0) is 16.0 Å². The highest BCUT2D eigenvalue weighted by molar-refractivity contribution is 5.58. The molecule has 1 saturated heterocycles. The lowest BCUT2D eigenvalue weighted by Gasteiger charge is -2.18. The molecule has 0 amide bonds. The molecule has 1 aliphatic rings. The third-order valence-corrected chi connectivity index (χ3v) is 3.51. The fourth-order valence-electron chi connectivity index (χ4n) is 2.42. The van der Waals surface area contributed by atoms with Crippen LogP contribution in [0.5, 0.6) is 0 Å². The van der Waals surface area contributed by atoms with Crippen LogP contribution in [0.4, 0.5) is 0 Å². The second-order valence-electron chi connectivity index (χ2n) is 5.33. The molecule has 21 heavy (non-hydrogen) atoms. The molecule has 5 heteroatoms. The molecule has 0 bridgehead atoms. The number of hydrogen-bond acceptors (Lipinski definition) is 5. The maximum Gasteiger partial charge on any atom is 0.226 e. The molecule has 1 aromatic heterocycles. The van der Waals surface area contributed by atoms with Crippen LogP contribution >= 0.6 is 0 Å². The Morgan fingerprint density at radius 2 is 2.00 bits per heavy atom. The number of hydrogen-bond donors (Lipinski definition) is 0. The van der Waals surface area contributed by atoms with Gasteiger partial charge >= 0.3 is 0 Å². The lowest BCUT2D eigenvalue weighted by Crippen LogP contribution is -2.29. The number of aromatic nitrogens is 1. The van der Waals surface area contributed by atoms with E-state index in [0.29, 0.717) is 25.6 Å². The molecule has 0 radical (unpaired) electrons. The Hall–Kier alpha value is -1.69. The van der Waals surface area contributed by atoms with Crippen LogP contribution in [0.1, 0.15) is 11.3 Å². The predicted octanol–water partition coefficient (Wildman–Crippen LogP) is 2.45. The quantitative estimate of drug-likeness (QED) is 0.846. The van der Waals surface area contributed by atoms with E-state index < -0.39 is 0 Å². The third kappa shape index (κ3) is 3.50. The highest BCUT2D eigenvalue weighted by Gasteiger charge is 2.18. The van der Waals surface area contributed by atoms with Crippen molar-refractivity contribution < 1.29 is 13.9 Å². The Morgan fingerprint density at radius 1 is 1.24 bits per heavy atom. The molecule has 0 spiro atoms. The molecule has 1 aromatic carbocycles. The van der Waals surface area contributed by atoms with Crippen molar-refractivity contribution in [3.63, 3.8) is 0 Å². The van der Waals surface area contributed by atoms with Crippen molar-refractivity contribution in [2.75, 3.05) is 26.8 Å². The van der Waals surface area contributed by atoms with E-state index in [1.807, 2.05) is 25.2 Å². The minimum atomic E-state index is -0.127. The van der Waals surface area contributed by atoms with Crippen LogP contribution in [0.25, 0.3) is 11.5 Å². The molecule has 2 aromatic rings. The molecule has 2 heterocycles. The zero-order valence-electron chi connectivity index (χ0n) is 12.4. The summed E-state index contributed by atoms with van der Waals surface area (Å²) in [5, 5.41) is 0. The monoisotopic (exact) mass is 288 g/mol. The number of rotatable bonds is 5. The Balaban J connectivity index is 1.63. The second-order valence-corrected chi connectivity index (χ2v) is 5.33. The molecular formula is C16H20N2O3. The van der Waals surface area contributed by atoms with Crippen LogP contribution in [-0.4, -0.2) is 43.0 Å². The zero-order valence-corrected chi connectivity index (χ0v) is 12.4. The topological polar surface area (TPSA) is 47.7 Å². The third-order valence-electron chi connectivity index (χ3n) is 3.51. The second kappa shape index (κ2) is 6.39. The summed E-state index contributed by atoms with van der Waals surface area (Å²) in [7, 11) is 2.02. The first-order valence-corrected chi connectivity index (χ1v) is 7.14. The number of likely N-dealkylation sites (N-methyl/N-ethyl adjacent to an activating group) is 1. The summed E-state index contributed by atoms with van der Waals surface area (Å²) >= 11 is 0. The van der Waals surface area contributed by atoms with E-state index >= 15 is 0 Å². The molecule has 0 atom stereocenters. The summed E-state index contributed by atoms with van der Waals surface area (Å²) in [4.78, 5) is 6.69. The Kier molecular flexibility index (Phi) is 4.34. The average Bonchev–Trinajstić information content (AvgIpc) is 3.11. The Morgan fingerprint density at radius 3 is 2.76 bits per heavy atom. The van der Waals surface area contributed by atoms with Gasteiger partial charge in [0, 0.05) is 18.7 Å². The molecular weight excluding hydrogens is 268 g/mol. The smallest absolute Gasteiger partial charge is 0.226 e. The summed E-state index contributed by atoms with van der Waals surface area (Å²) in [5.74, 6) is 0.671. The summed E-state index contributed by atoms with van der Waals surface area (Å²) < 4.78 is 16.5. The van der Waals surface area contributed by atoms with Crippen molar-refractivity contribution >= 4 is 0 Å². The summed E-state index contributed by atoms with van der Waals surface area (Å²) in [6.07, 6.45) is 1.59. The van der Waals surface area contributed by atoms with Crippen molar-refractivity contribution in [1.82, 2.24) is 9.88 Å². The minimum absolute atomic E-state index is 0.127. The van der Waals surface area contributed by atoms with Gasteiger partial charge in [-0.2, -0.15) is 0 Å². The number of oxazole rings is 1. The molecule has 1 aliphatic heterocycles. The zero-order chi connectivity index (χ0) is 14.7. The van der Waals surface area contributed by atoms with E-state index in [0.717, 1.165) is 23.4 Å². The van der Waals surface area contributed by atoms with Gasteiger partial charge in [-0.15, -0.1) is 0 Å². The van der Waals surface area contributed by atoms with Gasteiger partial charge in [0.2, 0.25) is 5.89 Å². The van der Waals surface area contributed by atoms with Crippen molar-refractivity contribution in [2.24, 2.45) is 0 Å². The Labute approximate surface area is 124 Å². The number of benzene rings is 1. The SMILES string of the molecule is Cc1ccccc1-c1nc(CN(C)CC2OCCO2)co1. The van der Waals surface area contributed by atoms with Crippen LogP contribution in [0.3, 0.4) is 0 Å². The van der Waals surface area contributed by atoms with Gasteiger partial charge in [-0.1, -0.05) is 18.2 Å². The highest BCUT2D eigenvalue weighted by atomic mass is 16.7. The van der Waals surface area contributed by atoms with E-state index in [1.54, 1.807) is 6.26 Å². The van der Waals surface area contributed by atoms with Crippen LogP contribution < -0.4 is 0 Å². The lowest BCUT2D eigenvalue weighted by molar-refractivity contribution is -0.0593. The van der Waals surface area contributed by atoms with Gasteiger partial charge in [-0.3, -0.25) is 4.90 Å². The highest BCUT2D eigenvalue weighted by Crippen LogP contribution is 2.22. The van der Waals surface area contributed by atoms with E-state index in [-0.39, 0.29) is 6.29 Å². The molecule has 0 N–H and O–H groups in total. The van der Waals surface area contributed by atoms with Gasteiger partial charge in [0.05, 0.1) is 18.9 Å². The molecule has 0 unspecified atom stereocenters. The van der Waals surface area contributed by atoms with Gasteiger partial charge in [-0.25, -0.2) is 4.98 Å². The van der Waals surface area contributed by atoms with E-state index in [4.69, 9.17) is 13.9 Å². The first kappa shape index (κ1) is 14.3. The number of ether oxygens (including phenoxy) is 2. The summed E-state index contributed by atoms with van der Waals surface area (Å²) in [5.41, 5.74) is 3.11. The maximum atomic E-state index is 5.60. The normalized spacial score (nSPS) is 16.0. The van der Waals surface area contributed by atoms with E-state index in [1.165, 1.54) is 0 Å². The molecule has 3 rings (SSSR count). The summed E-state index contributed by atoms with van der Waals surface area (Å²) in [6, 6.07) is 8.08. The first-order chi connectivity index (χ1) is 10.2. The molecule has 5 nitrogen and oxygen atoms in total. The van der Waals surface area contributed by atoms with E-state index in [9.17, 15) is 0 Å². The molecule has 0 aliphatic carbocycles. The van der Waals surface area contributed by atoms with Gasteiger partial charge in [-0.05, 0) is 25.6 Å². The maximum absolute atomic E-state index is 5.60. The standard InChI is InChI=1S/C16H20N2O3/c1-12-5-3-4-6-14(12)16-17-13(11-21-16)9-18(2)10-15-19-7-8-20-15/h3-6,11,15H,7-10H2,1-2H3. The fourth-order valence-corrected chi connectivity index (χ4v) is 2.42. The molecule has 112 valence electrons. The fraction of sp³-hybridized carbons (Fsp3) is 0.438. The number of aryl methyl sites for hydroxylation is 1. The summed E-state index contributed by atoms with van der Waals surface area (Å²) in [6.45, 7) is 4.85. The first-order valence-electron chi connectivity index (χ1n) is 7.14. The number of nitrogens with zero attached hydrogens (tertiary/aromatic N) is 2. The average molecular weight is 288 g/mol. The Bertz CT molecular complexity index is 591. The molecule has 0 saturated carbocycles. The van der Waals surface area contributed by atoms with Crippen molar-refractivity contribution in [3.05, 3.63) is 41.8 Å². The van der Waals surface area contributed by atoms with Crippen LogP contribution in [0.2, 0.25) is 0 Å². The van der Waals surface area contributed by atoms with Gasteiger partial charge in [0.1, 0.15) is 6.26 Å². The van der Waals surface area contributed by atoms with Gasteiger partial charge in [0.15, 0.2) is 6.29 Å². The van der Waals surface area contributed by atoms with Crippen molar-refractivity contribution in [3.8, 4) is 11.5 Å². The van der Waals surface area contributed by atoms with Crippen LogP contribution in [0.15, 0.2) is 34.9 Å². The largest absolute Gasteiger partial charge is 0.444 e. The van der Waals surface area contributed by atoms with Crippen LogP contribution in [0, 0.1) is 6.92 Å². The predicted molar refractivity (Wildman–Crippen MR) is 78.7 cm³/mol. The lowest BCUT2D eigenvalue weighted by atomic mass is 10.1.